The normalized spacial score (nSPS) is 26.3. The summed E-state index contributed by atoms with van der Waals surface area (Å²) in [4.78, 5) is 47.7. The van der Waals surface area contributed by atoms with Crippen LogP contribution in [0.1, 0.15) is 43.5 Å². The first kappa shape index (κ1) is 17.1. The van der Waals surface area contributed by atoms with Crippen molar-refractivity contribution in [2.75, 3.05) is 0 Å². The van der Waals surface area contributed by atoms with Gasteiger partial charge in [0.15, 0.2) is 5.78 Å². The number of carbonyl (C=O) groups excluding carboxylic acids is 3. The van der Waals surface area contributed by atoms with Crippen molar-refractivity contribution in [2.24, 2.45) is 16.7 Å². The van der Waals surface area contributed by atoms with E-state index in [-0.39, 0.29) is 23.0 Å². The second-order valence-electron chi connectivity index (χ2n) is 7.26. The Morgan fingerprint density at radius 2 is 1.92 bits per heavy atom. The number of nitro benzene ring substituents is 1. The average Bonchev–Trinajstić information content (AvgIpc) is 3.11. The molecule has 25 heavy (non-hydrogen) atoms. The van der Waals surface area contributed by atoms with E-state index < -0.39 is 27.6 Å². The fourth-order valence-electron chi connectivity index (χ4n) is 4.10. The van der Waals surface area contributed by atoms with Crippen LogP contribution >= 0.6 is 0 Å². The van der Waals surface area contributed by atoms with Crippen LogP contribution in [0.5, 0.6) is 0 Å². The minimum absolute atomic E-state index is 0.103. The van der Waals surface area contributed by atoms with Crippen LogP contribution < -0.4 is 10.9 Å². The number of amides is 2. The summed E-state index contributed by atoms with van der Waals surface area (Å²) in [6.45, 7) is 3.69. The standard InChI is InChI=1S/C17H19N3O5/c1-16(2)10-7-8-17(9-10,14(16)22)15(23)19-18-13(21)11-5-3-4-6-12(11)20(24)25/h3-6,10H,7-9H2,1-2H3,(H,18,21)(H,19,23). The Labute approximate surface area is 144 Å². The van der Waals surface area contributed by atoms with E-state index in [0.29, 0.717) is 12.8 Å². The summed E-state index contributed by atoms with van der Waals surface area (Å²) in [6.07, 6.45) is 1.74. The van der Waals surface area contributed by atoms with E-state index in [1.165, 1.54) is 24.3 Å². The molecule has 2 amide bonds. The molecule has 8 nitrogen and oxygen atoms in total. The van der Waals surface area contributed by atoms with Crippen LogP contribution in [0, 0.1) is 26.9 Å². The Balaban J connectivity index is 1.73. The summed E-state index contributed by atoms with van der Waals surface area (Å²) in [7, 11) is 0. The topological polar surface area (TPSA) is 118 Å². The molecule has 1 aromatic carbocycles. The summed E-state index contributed by atoms with van der Waals surface area (Å²) in [5.41, 5.74) is 2.33. The van der Waals surface area contributed by atoms with Crippen molar-refractivity contribution in [1.82, 2.24) is 10.9 Å². The molecule has 2 N–H and O–H groups in total. The lowest BCUT2D eigenvalue weighted by Crippen LogP contribution is -2.52. The number of rotatable bonds is 3. The highest BCUT2D eigenvalue weighted by Gasteiger charge is 2.65. The van der Waals surface area contributed by atoms with Crippen molar-refractivity contribution in [3.05, 3.63) is 39.9 Å². The van der Waals surface area contributed by atoms with Gasteiger partial charge in [-0.05, 0) is 31.2 Å². The smallest absolute Gasteiger partial charge is 0.282 e. The predicted octanol–water partition coefficient (Wildman–Crippen LogP) is 1.75. The summed E-state index contributed by atoms with van der Waals surface area (Å²) in [5.74, 6) is -1.28. The van der Waals surface area contributed by atoms with Crippen LogP contribution in [0.25, 0.3) is 0 Å². The van der Waals surface area contributed by atoms with Crippen molar-refractivity contribution in [2.45, 2.75) is 33.1 Å². The molecule has 0 radical (unpaired) electrons. The van der Waals surface area contributed by atoms with Crippen LogP contribution in [0.15, 0.2) is 24.3 Å². The number of hydrogen-bond acceptors (Lipinski definition) is 5. The molecule has 0 saturated heterocycles. The molecule has 0 aromatic heterocycles. The lowest BCUT2D eigenvalue weighted by molar-refractivity contribution is -0.385. The quantitative estimate of drug-likeness (QED) is 0.491. The van der Waals surface area contributed by atoms with Gasteiger partial charge >= 0.3 is 0 Å². The molecule has 2 bridgehead atoms. The average molecular weight is 345 g/mol. The number of hydrazine groups is 1. The number of carbonyl (C=O) groups is 3. The molecule has 2 aliphatic rings. The van der Waals surface area contributed by atoms with Crippen LogP contribution in [-0.2, 0) is 9.59 Å². The fraction of sp³-hybridized carbons (Fsp3) is 0.471. The Morgan fingerprint density at radius 3 is 2.52 bits per heavy atom. The van der Waals surface area contributed by atoms with Gasteiger partial charge in [-0.15, -0.1) is 0 Å². The molecule has 2 atom stereocenters. The van der Waals surface area contributed by atoms with E-state index in [0.717, 1.165) is 6.42 Å². The second kappa shape index (κ2) is 5.65. The first-order valence-electron chi connectivity index (χ1n) is 8.09. The first-order valence-corrected chi connectivity index (χ1v) is 8.09. The third-order valence-corrected chi connectivity index (χ3v) is 5.62. The number of nitrogens with zero attached hydrogens (tertiary/aromatic N) is 1. The molecule has 2 unspecified atom stereocenters. The number of nitro groups is 1. The first-order chi connectivity index (χ1) is 11.7. The van der Waals surface area contributed by atoms with Crippen molar-refractivity contribution >= 4 is 23.3 Å². The van der Waals surface area contributed by atoms with Crippen LogP contribution in [0.2, 0.25) is 0 Å². The number of ketones is 1. The van der Waals surface area contributed by atoms with Crippen molar-refractivity contribution in [1.29, 1.82) is 0 Å². The van der Waals surface area contributed by atoms with Gasteiger partial charge < -0.3 is 0 Å². The van der Waals surface area contributed by atoms with Gasteiger partial charge in [-0.1, -0.05) is 26.0 Å². The fourth-order valence-corrected chi connectivity index (χ4v) is 4.10. The Kier molecular flexibility index (Phi) is 3.85. The van der Waals surface area contributed by atoms with E-state index in [1.54, 1.807) is 0 Å². The zero-order valence-corrected chi connectivity index (χ0v) is 14.0. The number of para-hydroxylation sites is 1. The highest BCUT2D eigenvalue weighted by Crippen LogP contribution is 2.60. The molecule has 2 fully saturated rings. The largest absolute Gasteiger partial charge is 0.298 e. The van der Waals surface area contributed by atoms with Gasteiger partial charge in [0.2, 0.25) is 0 Å². The SMILES string of the molecule is CC1(C)C(=O)C2(C(=O)NNC(=O)c3ccccc3[N+](=O)[O-])CCC1C2. The van der Waals surface area contributed by atoms with Gasteiger partial charge in [-0.3, -0.25) is 35.3 Å². The van der Waals surface area contributed by atoms with E-state index in [2.05, 4.69) is 10.9 Å². The van der Waals surface area contributed by atoms with Gasteiger partial charge in [-0.25, -0.2) is 0 Å². The minimum Gasteiger partial charge on any atom is -0.298 e. The zero-order valence-electron chi connectivity index (χ0n) is 14.0. The van der Waals surface area contributed by atoms with E-state index >= 15 is 0 Å². The third kappa shape index (κ3) is 2.48. The minimum atomic E-state index is -1.11. The monoisotopic (exact) mass is 345 g/mol. The van der Waals surface area contributed by atoms with Gasteiger partial charge in [-0.2, -0.15) is 0 Å². The molecule has 0 spiro atoms. The molecule has 0 heterocycles. The number of benzene rings is 1. The number of nitrogens with one attached hydrogen (secondary N) is 2. The lowest BCUT2D eigenvalue weighted by Gasteiger charge is -2.32. The van der Waals surface area contributed by atoms with E-state index in [1.807, 2.05) is 13.8 Å². The van der Waals surface area contributed by atoms with E-state index in [4.69, 9.17) is 0 Å². The Bertz CT molecular complexity index is 788. The number of Topliss-reactive ketones (excluding diaryl/α,β-unsaturated/α-hetero) is 1. The van der Waals surface area contributed by atoms with Gasteiger partial charge in [0, 0.05) is 11.5 Å². The summed E-state index contributed by atoms with van der Waals surface area (Å²) >= 11 is 0. The van der Waals surface area contributed by atoms with Gasteiger partial charge in [0.1, 0.15) is 11.0 Å². The van der Waals surface area contributed by atoms with Crippen LogP contribution in [0.3, 0.4) is 0 Å². The second-order valence-corrected chi connectivity index (χ2v) is 7.26. The maximum atomic E-state index is 12.6. The number of fused-ring (bicyclic) bond motifs is 2. The third-order valence-electron chi connectivity index (χ3n) is 5.62. The Morgan fingerprint density at radius 1 is 1.24 bits per heavy atom. The highest BCUT2D eigenvalue weighted by atomic mass is 16.6. The molecule has 2 aliphatic carbocycles. The molecule has 8 heteroatoms. The molecule has 132 valence electrons. The van der Waals surface area contributed by atoms with Gasteiger partial charge in [0.25, 0.3) is 17.5 Å². The molecule has 2 saturated carbocycles. The molecule has 0 aliphatic heterocycles. The van der Waals surface area contributed by atoms with E-state index in [9.17, 15) is 24.5 Å². The summed E-state index contributed by atoms with van der Waals surface area (Å²) < 4.78 is 0. The molecular formula is C17H19N3O5. The molecule has 3 rings (SSSR count). The van der Waals surface area contributed by atoms with Crippen molar-refractivity contribution in [3.8, 4) is 0 Å². The predicted molar refractivity (Wildman–Crippen MR) is 87.3 cm³/mol. The highest BCUT2D eigenvalue weighted by molar-refractivity contribution is 6.11. The summed E-state index contributed by atoms with van der Waals surface area (Å²) in [6, 6.07) is 5.45. The molecule has 1 aromatic rings. The zero-order chi connectivity index (χ0) is 18.4. The number of hydrogen-bond donors (Lipinski definition) is 2. The summed E-state index contributed by atoms with van der Waals surface area (Å²) in [5, 5.41) is 11.0. The van der Waals surface area contributed by atoms with Crippen LogP contribution in [0.4, 0.5) is 5.69 Å². The van der Waals surface area contributed by atoms with Crippen LogP contribution in [-0.4, -0.2) is 22.5 Å². The van der Waals surface area contributed by atoms with Gasteiger partial charge in [0.05, 0.1) is 4.92 Å². The maximum absolute atomic E-state index is 12.6. The lowest BCUT2D eigenvalue weighted by atomic mass is 9.70. The Hall–Kier alpha value is -2.77. The molecular weight excluding hydrogens is 326 g/mol. The van der Waals surface area contributed by atoms with Crippen molar-refractivity contribution < 1.29 is 19.3 Å². The maximum Gasteiger partial charge on any atom is 0.282 e. The van der Waals surface area contributed by atoms with Crippen molar-refractivity contribution in [3.63, 3.8) is 0 Å².